The number of nitrogens with zero attached hydrogens (tertiary/aromatic N) is 1. The number of hydrogen-bond acceptors (Lipinski definition) is 8. The maximum atomic E-state index is 12.9. The van der Waals surface area contributed by atoms with E-state index in [1.165, 1.54) is 0 Å². The summed E-state index contributed by atoms with van der Waals surface area (Å²) in [6.07, 6.45) is -1.45. The molecule has 37 heavy (non-hydrogen) atoms. The lowest BCUT2D eigenvalue weighted by Gasteiger charge is -2.24. The van der Waals surface area contributed by atoms with Gasteiger partial charge in [0.1, 0.15) is 18.1 Å². The molecule has 3 amide bonds. The molecule has 210 valence electrons. The maximum Gasteiger partial charge on any atom is 0.326 e. The summed E-state index contributed by atoms with van der Waals surface area (Å²) in [4.78, 5) is 75.4. The molecule has 0 aromatic carbocycles. The van der Waals surface area contributed by atoms with Crippen molar-refractivity contribution < 1.29 is 44.1 Å². The summed E-state index contributed by atoms with van der Waals surface area (Å²) in [7, 11) is 0. The Bertz CT molecular complexity index is 859. The van der Waals surface area contributed by atoms with Crippen LogP contribution in [-0.2, 0) is 28.8 Å². The number of carboxylic acid groups (broad SMARTS) is 3. The fourth-order valence-corrected chi connectivity index (χ4v) is 3.12. The zero-order chi connectivity index (χ0) is 28.7. The van der Waals surface area contributed by atoms with Gasteiger partial charge in [0.05, 0.1) is 12.5 Å². The quantitative estimate of drug-likeness (QED) is 0.0495. The van der Waals surface area contributed by atoms with E-state index in [0.717, 1.165) is 0 Å². The summed E-state index contributed by atoms with van der Waals surface area (Å²) in [5.74, 6) is -7.09. The SMILES string of the molecule is CC(C)CC(N)C(=O)NC(CC(=O)O)C(=O)NC(CCCN=C(N)N)C(=O)NC(CCC(=O)O)C(=O)O. The lowest BCUT2D eigenvalue weighted by molar-refractivity contribution is -0.144. The minimum Gasteiger partial charge on any atom is -0.481 e. The van der Waals surface area contributed by atoms with E-state index >= 15 is 0 Å². The molecule has 16 nitrogen and oxygen atoms in total. The molecule has 0 aromatic heterocycles. The van der Waals surface area contributed by atoms with Crippen molar-refractivity contribution in [2.45, 2.75) is 76.5 Å². The first-order chi connectivity index (χ1) is 17.1. The summed E-state index contributed by atoms with van der Waals surface area (Å²) in [6.45, 7) is 3.70. The van der Waals surface area contributed by atoms with Gasteiger partial charge < -0.3 is 48.5 Å². The second-order valence-electron chi connectivity index (χ2n) is 8.74. The Morgan fingerprint density at radius 3 is 1.81 bits per heavy atom. The molecule has 16 heteroatoms. The van der Waals surface area contributed by atoms with Crippen LogP contribution in [0.15, 0.2) is 4.99 Å². The average Bonchev–Trinajstić information content (AvgIpc) is 2.76. The summed E-state index contributed by atoms with van der Waals surface area (Å²) >= 11 is 0. The highest BCUT2D eigenvalue weighted by Gasteiger charge is 2.31. The summed E-state index contributed by atoms with van der Waals surface area (Å²) in [6, 6.07) is -5.54. The second-order valence-corrected chi connectivity index (χ2v) is 8.74. The number of rotatable bonds is 18. The van der Waals surface area contributed by atoms with Crippen molar-refractivity contribution in [1.29, 1.82) is 0 Å². The minimum absolute atomic E-state index is 0.0501. The zero-order valence-corrected chi connectivity index (χ0v) is 20.8. The number of aliphatic carboxylic acids is 3. The molecule has 0 spiro atoms. The Labute approximate surface area is 213 Å². The molecular formula is C21H37N7O9. The van der Waals surface area contributed by atoms with Crippen molar-refractivity contribution in [3.8, 4) is 0 Å². The standard InChI is InChI=1S/C21H37N7O9/c1-10(2)8-11(22)17(33)28-14(9-16(31)32)19(35)26-12(4-3-7-25-21(23)24)18(34)27-13(20(36)37)5-6-15(29)30/h10-14H,3-9,22H2,1-2H3,(H,26,35)(H,27,34)(H,28,33)(H,29,30)(H,31,32)(H,36,37)(H4,23,24,25). The van der Waals surface area contributed by atoms with E-state index in [-0.39, 0.29) is 37.7 Å². The monoisotopic (exact) mass is 531 g/mol. The van der Waals surface area contributed by atoms with E-state index in [1.807, 2.05) is 13.8 Å². The third-order valence-corrected chi connectivity index (χ3v) is 4.91. The fraction of sp³-hybridized carbons (Fsp3) is 0.667. The Hall–Kier alpha value is -3.95. The van der Waals surface area contributed by atoms with Gasteiger partial charge >= 0.3 is 17.9 Å². The molecule has 0 radical (unpaired) electrons. The van der Waals surface area contributed by atoms with E-state index in [2.05, 4.69) is 20.9 Å². The van der Waals surface area contributed by atoms with Gasteiger partial charge in [-0.3, -0.25) is 29.0 Å². The smallest absolute Gasteiger partial charge is 0.326 e. The molecule has 0 aliphatic carbocycles. The van der Waals surface area contributed by atoms with Crippen molar-refractivity contribution in [1.82, 2.24) is 16.0 Å². The number of carboxylic acids is 3. The number of nitrogens with two attached hydrogens (primary N) is 3. The normalized spacial score (nSPS) is 13.9. The van der Waals surface area contributed by atoms with Gasteiger partial charge in [0.2, 0.25) is 17.7 Å². The van der Waals surface area contributed by atoms with Crippen LogP contribution in [0.3, 0.4) is 0 Å². The number of aliphatic imine (C=N–C) groups is 1. The molecule has 0 saturated heterocycles. The summed E-state index contributed by atoms with van der Waals surface area (Å²) in [5, 5.41) is 34.0. The number of carbonyl (C=O) groups is 6. The first kappa shape index (κ1) is 33.0. The lowest BCUT2D eigenvalue weighted by atomic mass is 10.0. The zero-order valence-electron chi connectivity index (χ0n) is 20.8. The Kier molecular flexibility index (Phi) is 14.9. The minimum atomic E-state index is -1.58. The van der Waals surface area contributed by atoms with Gasteiger partial charge in [-0.15, -0.1) is 0 Å². The van der Waals surface area contributed by atoms with Crippen molar-refractivity contribution in [2.75, 3.05) is 6.54 Å². The van der Waals surface area contributed by atoms with Gasteiger partial charge in [0.25, 0.3) is 0 Å². The van der Waals surface area contributed by atoms with Crippen LogP contribution in [0.5, 0.6) is 0 Å². The first-order valence-corrected chi connectivity index (χ1v) is 11.5. The number of amides is 3. The van der Waals surface area contributed by atoms with Crippen molar-refractivity contribution in [3.05, 3.63) is 0 Å². The van der Waals surface area contributed by atoms with Crippen LogP contribution in [0.1, 0.15) is 52.4 Å². The molecule has 4 atom stereocenters. The van der Waals surface area contributed by atoms with Crippen LogP contribution >= 0.6 is 0 Å². The Balaban J connectivity index is 5.67. The van der Waals surface area contributed by atoms with E-state index in [9.17, 15) is 39.0 Å². The number of hydrogen-bond donors (Lipinski definition) is 9. The van der Waals surface area contributed by atoms with E-state index < -0.39 is 79.1 Å². The Morgan fingerprint density at radius 2 is 1.32 bits per heavy atom. The molecule has 0 heterocycles. The average molecular weight is 532 g/mol. The van der Waals surface area contributed by atoms with Crippen LogP contribution in [0.4, 0.5) is 0 Å². The molecule has 0 aromatic rings. The van der Waals surface area contributed by atoms with Gasteiger partial charge in [-0.2, -0.15) is 0 Å². The highest BCUT2D eigenvalue weighted by molar-refractivity contribution is 5.95. The van der Waals surface area contributed by atoms with Crippen LogP contribution in [0.2, 0.25) is 0 Å². The molecule has 0 fully saturated rings. The van der Waals surface area contributed by atoms with E-state index in [0.29, 0.717) is 0 Å². The predicted octanol–water partition coefficient (Wildman–Crippen LogP) is -2.71. The predicted molar refractivity (Wildman–Crippen MR) is 130 cm³/mol. The molecule has 4 unspecified atom stereocenters. The highest BCUT2D eigenvalue weighted by Crippen LogP contribution is 2.06. The van der Waals surface area contributed by atoms with E-state index in [4.69, 9.17) is 22.3 Å². The van der Waals surface area contributed by atoms with Crippen LogP contribution in [-0.4, -0.2) is 87.6 Å². The number of carbonyl (C=O) groups excluding carboxylic acids is 3. The van der Waals surface area contributed by atoms with Gasteiger partial charge in [0.15, 0.2) is 5.96 Å². The molecule has 0 rings (SSSR count). The van der Waals surface area contributed by atoms with Gasteiger partial charge in [0, 0.05) is 13.0 Å². The highest BCUT2D eigenvalue weighted by atomic mass is 16.4. The van der Waals surface area contributed by atoms with Gasteiger partial charge in [-0.05, 0) is 31.6 Å². The van der Waals surface area contributed by atoms with Crippen molar-refractivity contribution in [3.63, 3.8) is 0 Å². The largest absolute Gasteiger partial charge is 0.481 e. The number of guanidine groups is 1. The molecule has 0 aliphatic heterocycles. The third-order valence-electron chi connectivity index (χ3n) is 4.91. The van der Waals surface area contributed by atoms with Crippen LogP contribution < -0.4 is 33.2 Å². The number of nitrogens with one attached hydrogen (secondary N) is 3. The topological polar surface area (TPSA) is 290 Å². The third kappa shape index (κ3) is 14.9. The summed E-state index contributed by atoms with van der Waals surface area (Å²) < 4.78 is 0. The fourth-order valence-electron chi connectivity index (χ4n) is 3.12. The molecular weight excluding hydrogens is 494 g/mol. The summed E-state index contributed by atoms with van der Waals surface area (Å²) in [5.41, 5.74) is 16.3. The Morgan fingerprint density at radius 1 is 0.784 bits per heavy atom. The lowest BCUT2D eigenvalue weighted by Crippen LogP contribution is -2.57. The molecule has 12 N–H and O–H groups in total. The van der Waals surface area contributed by atoms with Crippen LogP contribution in [0, 0.1) is 5.92 Å². The van der Waals surface area contributed by atoms with Gasteiger partial charge in [-0.25, -0.2) is 4.79 Å². The molecule has 0 aliphatic rings. The van der Waals surface area contributed by atoms with Crippen LogP contribution in [0.25, 0.3) is 0 Å². The van der Waals surface area contributed by atoms with Crippen molar-refractivity contribution in [2.24, 2.45) is 28.1 Å². The second kappa shape index (κ2) is 16.7. The van der Waals surface area contributed by atoms with Gasteiger partial charge in [-0.1, -0.05) is 13.8 Å². The maximum absolute atomic E-state index is 12.9. The molecule has 0 saturated carbocycles. The van der Waals surface area contributed by atoms with Crippen molar-refractivity contribution >= 4 is 41.6 Å². The van der Waals surface area contributed by atoms with E-state index in [1.54, 1.807) is 0 Å². The molecule has 0 bridgehead atoms. The first-order valence-electron chi connectivity index (χ1n) is 11.5.